The smallest absolute Gasteiger partial charge is 0.213 e. The second-order valence-electron chi connectivity index (χ2n) is 4.44. The van der Waals surface area contributed by atoms with Crippen LogP contribution in [0.25, 0.3) is 0 Å². The molecule has 0 aliphatic heterocycles. The van der Waals surface area contributed by atoms with Crippen molar-refractivity contribution in [2.45, 2.75) is 0 Å². The number of benzene rings is 2. The zero-order valence-corrected chi connectivity index (χ0v) is 13.5. The third kappa shape index (κ3) is 4.37. The normalized spacial score (nSPS) is 10.4. The van der Waals surface area contributed by atoms with Gasteiger partial charge >= 0.3 is 0 Å². The number of hydrogen-bond donors (Lipinski definition) is 3. The zero-order valence-electron chi connectivity index (χ0n) is 12.8. The van der Waals surface area contributed by atoms with Gasteiger partial charge in [-0.25, -0.2) is 5.43 Å². The van der Waals surface area contributed by atoms with Crippen LogP contribution in [0.2, 0.25) is 5.02 Å². The number of hydrogen-bond acceptors (Lipinski definition) is 4. The molecule has 0 aliphatic rings. The fourth-order valence-corrected chi connectivity index (χ4v) is 2.15. The summed E-state index contributed by atoms with van der Waals surface area (Å²) >= 11 is 6.24. The van der Waals surface area contributed by atoms with Gasteiger partial charge in [0.25, 0.3) is 0 Å². The zero-order chi connectivity index (χ0) is 16.7. The van der Waals surface area contributed by atoms with E-state index in [4.69, 9.17) is 26.5 Å². The van der Waals surface area contributed by atoms with Crippen molar-refractivity contribution in [2.24, 2.45) is 5.10 Å². The molecule has 0 saturated heterocycles. The Hall–Kier alpha value is -2.73. The lowest BCUT2D eigenvalue weighted by Crippen LogP contribution is -2.25. The minimum absolute atomic E-state index is 0.0454. The molecule has 0 saturated carbocycles. The quantitative estimate of drug-likeness (QED) is 0.446. The maximum atomic E-state index is 7.77. The highest BCUT2D eigenvalue weighted by atomic mass is 35.5. The van der Waals surface area contributed by atoms with Crippen molar-refractivity contribution < 1.29 is 9.47 Å². The molecule has 0 radical (unpaired) electrons. The molecule has 2 aromatic rings. The number of halogens is 1. The first-order valence-electron chi connectivity index (χ1n) is 6.76. The van der Waals surface area contributed by atoms with Gasteiger partial charge in [-0.15, -0.1) is 0 Å². The van der Waals surface area contributed by atoms with Crippen molar-refractivity contribution in [3.8, 4) is 11.5 Å². The Balaban J connectivity index is 2.02. The molecule has 23 heavy (non-hydrogen) atoms. The summed E-state index contributed by atoms with van der Waals surface area (Å²) in [5.41, 5.74) is 4.02. The molecule has 0 amide bonds. The van der Waals surface area contributed by atoms with Gasteiger partial charge < -0.3 is 14.8 Å². The highest BCUT2D eigenvalue weighted by Gasteiger charge is 2.11. The van der Waals surface area contributed by atoms with Crippen molar-refractivity contribution >= 4 is 29.5 Å². The van der Waals surface area contributed by atoms with E-state index in [1.54, 1.807) is 19.2 Å². The highest BCUT2D eigenvalue weighted by molar-refractivity contribution is 6.34. The molecule has 0 aliphatic carbocycles. The lowest BCUT2D eigenvalue weighted by Gasteiger charge is -2.10. The van der Waals surface area contributed by atoms with Crippen molar-refractivity contribution in [3.05, 3.63) is 53.1 Å². The topological polar surface area (TPSA) is 78.7 Å². The first-order chi connectivity index (χ1) is 11.2. The van der Waals surface area contributed by atoms with Gasteiger partial charge in [0.2, 0.25) is 5.96 Å². The van der Waals surface area contributed by atoms with Crippen molar-refractivity contribution in [1.29, 1.82) is 5.41 Å². The summed E-state index contributed by atoms with van der Waals surface area (Å²) < 4.78 is 10.4. The fourth-order valence-electron chi connectivity index (χ4n) is 1.86. The maximum absolute atomic E-state index is 7.77. The number of anilines is 1. The van der Waals surface area contributed by atoms with Crippen LogP contribution in [0.15, 0.2) is 47.6 Å². The van der Waals surface area contributed by atoms with E-state index in [-0.39, 0.29) is 5.96 Å². The fraction of sp³-hybridized carbons (Fsp3) is 0.125. The van der Waals surface area contributed by atoms with Crippen LogP contribution in [-0.2, 0) is 0 Å². The average molecular weight is 333 g/mol. The summed E-state index contributed by atoms with van der Waals surface area (Å²) in [5.74, 6) is 1.03. The minimum atomic E-state index is 0.0454. The van der Waals surface area contributed by atoms with Crippen LogP contribution in [0, 0.1) is 5.41 Å². The van der Waals surface area contributed by atoms with Gasteiger partial charge in [0.1, 0.15) is 0 Å². The number of hydrazone groups is 1. The third-order valence-electron chi connectivity index (χ3n) is 2.94. The second kappa shape index (κ2) is 8.05. The van der Waals surface area contributed by atoms with Crippen LogP contribution in [0.4, 0.5) is 5.69 Å². The van der Waals surface area contributed by atoms with Gasteiger partial charge in [0, 0.05) is 11.3 Å². The SMILES string of the molecule is COc1ccc(C=NNC(=N)Nc2ccccc2)c(Cl)c1OC. The monoisotopic (exact) mass is 332 g/mol. The second-order valence-corrected chi connectivity index (χ2v) is 4.82. The largest absolute Gasteiger partial charge is 0.493 e. The van der Waals surface area contributed by atoms with Gasteiger partial charge in [-0.3, -0.25) is 5.41 Å². The van der Waals surface area contributed by atoms with Gasteiger partial charge in [-0.1, -0.05) is 29.8 Å². The Kier molecular flexibility index (Phi) is 5.82. The summed E-state index contributed by atoms with van der Waals surface area (Å²) in [6.45, 7) is 0. The summed E-state index contributed by atoms with van der Waals surface area (Å²) in [7, 11) is 3.06. The van der Waals surface area contributed by atoms with E-state index in [0.717, 1.165) is 5.69 Å². The Morgan fingerprint density at radius 2 is 1.87 bits per heavy atom. The van der Waals surface area contributed by atoms with Crippen molar-refractivity contribution in [1.82, 2.24) is 5.43 Å². The molecule has 0 spiro atoms. The molecule has 0 bridgehead atoms. The lowest BCUT2D eigenvalue weighted by molar-refractivity contribution is 0.355. The molecular formula is C16H17ClN4O2. The van der Waals surface area contributed by atoms with E-state index in [2.05, 4.69) is 15.8 Å². The van der Waals surface area contributed by atoms with E-state index in [1.807, 2.05) is 30.3 Å². The standard InChI is InChI=1S/C16H17ClN4O2/c1-22-13-9-8-11(14(17)15(13)23-2)10-19-21-16(18)20-12-6-4-3-5-7-12/h3-10H,1-2H3,(H3,18,20,21). The number of rotatable bonds is 5. The number of para-hydroxylation sites is 1. The van der Waals surface area contributed by atoms with Crippen molar-refractivity contribution in [3.63, 3.8) is 0 Å². The maximum Gasteiger partial charge on any atom is 0.213 e. The number of nitrogens with zero attached hydrogens (tertiary/aromatic N) is 1. The molecule has 120 valence electrons. The molecule has 0 unspecified atom stereocenters. The van der Waals surface area contributed by atoms with Crippen LogP contribution in [0.3, 0.4) is 0 Å². The molecule has 0 aromatic heterocycles. The number of guanidine groups is 1. The molecule has 0 heterocycles. The molecule has 2 aromatic carbocycles. The van der Waals surface area contributed by atoms with Gasteiger partial charge in [0.15, 0.2) is 11.5 Å². The summed E-state index contributed by atoms with van der Waals surface area (Å²) in [6, 6.07) is 12.9. The molecule has 6 nitrogen and oxygen atoms in total. The summed E-state index contributed by atoms with van der Waals surface area (Å²) in [4.78, 5) is 0. The molecule has 7 heteroatoms. The molecule has 0 atom stereocenters. The number of nitrogens with one attached hydrogen (secondary N) is 3. The van der Waals surface area contributed by atoms with E-state index < -0.39 is 0 Å². The van der Waals surface area contributed by atoms with Crippen molar-refractivity contribution in [2.75, 3.05) is 19.5 Å². The molecule has 0 fully saturated rings. The van der Waals surface area contributed by atoms with E-state index in [1.165, 1.54) is 13.3 Å². The predicted molar refractivity (Wildman–Crippen MR) is 93.1 cm³/mol. The third-order valence-corrected chi connectivity index (χ3v) is 3.33. The molecule has 2 rings (SSSR count). The van der Waals surface area contributed by atoms with Crippen LogP contribution >= 0.6 is 11.6 Å². The predicted octanol–water partition coefficient (Wildman–Crippen LogP) is 3.33. The average Bonchev–Trinajstić information content (AvgIpc) is 2.57. The van der Waals surface area contributed by atoms with E-state index in [9.17, 15) is 0 Å². The Labute approximate surface area is 139 Å². The van der Waals surface area contributed by atoms with Crippen LogP contribution in [0.5, 0.6) is 11.5 Å². The first kappa shape index (κ1) is 16.6. The summed E-state index contributed by atoms with van der Waals surface area (Å²) in [5, 5.41) is 15.0. The minimum Gasteiger partial charge on any atom is -0.493 e. The molecular weight excluding hydrogens is 316 g/mol. The Morgan fingerprint density at radius 1 is 1.13 bits per heavy atom. The number of methoxy groups -OCH3 is 2. The highest BCUT2D eigenvalue weighted by Crippen LogP contribution is 2.36. The number of ether oxygens (including phenoxy) is 2. The van der Waals surface area contributed by atoms with Crippen LogP contribution in [0.1, 0.15) is 5.56 Å². The summed E-state index contributed by atoms with van der Waals surface area (Å²) in [6.07, 6.45) is 1.51. The molecule has 3 N–H and O–H groups in total. The van der Waals surface area contributed by atoms with Crippen LogP contribution < -0.4 is 20.2 Å². The van der Waals surface area contributed by atoms with Gasteiger partial charge in [0.05, 0.1) is 25.5 Å². The van der Waals surface area contributed by atoms with Gasteiger partial charge in [-0.05, 0) is 24.3 Å². The van der Waals surface area contributed by atoms with E-state index >= 15 is 0 Å². The lowest BCUT2D eigenvalue weighted by atomic mass is 10.2. The first-order valence-corrected chi connectivity index (χ1v) is 7.13. The van der Waals surface area contributed by atoms with E-state index in [0.29, 0.717) is 22.1 Å². The Morgan fingerprint density at radius 3 is 2.52 bits per heavy atom. The van der Waals surface area contributed by atoms with Gasteiger partial charge in [-0.2, -0.15) is 5.10 Å². The van der Waals surface area contributed by atoms with Crippen LogP contribution in [-0.4, -0.2) is 26.4 Å². The Bertz CT molecular complexity index is 705.